The Morgan fingerprint density at radius 3 is 2.32 bits per heavy atom. The molecule has 0 heterocycles. The van der Waals surface area contributed by atoms with E-state index in [4.69, 9.17) is 21.7 Å². The molecule has 0 fully saturated rings. The lowest BCUT2D eigenvalue weighted by Gasteiger charge is -2.10. The molecule has 0 saturated heterocycles. The number of ether oxygens (including phenoxy) is 2. The van der Waals surface area contributed by atoms with Crippen LogP contribution >= 0.6 is 12.2 Å². The second kappa shape index (κ2) is 10.6. The van der Waals surface area contributed by atoms with E-state index in [2.05, 4.69) is 10.6 Å². The highest BCUT2D eigenvalue weighted by Crippen LogP contribution is 2.07. The van der Waals surface area contributed by atoms with Crippen LogP contribution in [0.5, 0.6) is 5.75 Å². The van der Waals surface area contributed by atoms with Crippen LogP contribution in [0.2, 0.25) is 0 Å². The van der Waals surface area contributed by atoms with Crippen molar-refractivity contribution < 1.29 is 9.47 Å². The zero-order valence-corrected chi connectivity index (χ0v) is 12.2. The first-order chi connectivity index (χ1) is 9.33. The van der Waals surface area contributed by atoms with Gasteiger partial charge in [0, 0.05) is 26.8 Å². The molecule has 0 bridgehead atoms. The van der Waals surface area contributed by atoms with Crippen LogP contribution in [0.4, 0.5) is 0 Å². The van der Waals surface area contributed by atoms with E-state index in [1.807, 2.05) is 30.3 Å². The molecular weight excluding hydrogens is 260 g/mol. The Balaban J connectivity index is 1.94. The molecule has 1 rings (SSSR count). The van der Waals surface area contributed by atoms with Crippen LogP contribution < -0.4 is 15.4 Å². The minimum absolute atomic E-state index is 0.684. The third-order valence-electron chi connectivity index (χ3n) is 2.43. The first-order valence-corrected chi connectivity index (χ1v) is 6.92. The second-order valence-electron chi connectivity index (χ2n) is 4.04. The number of hydrogen-bond acceptors (Lipinski definition) is 3. The van der Waals surface area contributed by atoms with E-state index in [-0.39, 0.29) is 0 Å². The topological polar surface area (TPSA) is 42.5 Å². The molecular formula is C14H22N2O2S. The normalized spacial score (nSPS) is 9.95. The van der Waals surface area contributed by atoms with E-state index in [1.165, 1.54) is 0 Å². The molecule has 0 unspecified atom stereocenters. The summed E-state index contributed by atoms with van der Waals surface area (Å²) in [6, 6.07) is 9.81. The van der Waals surface area contributed by atoms with E-state index >= 15 is 0 Å². The molecule has 106 valence electrons. The summed E-state index contributed by atoms with van der Waals surface area (Å²) in [5.74, 6) is 0.905. The summed E-state index contributed by atoms with van der Waals surface area (Å²) < 4.78 is 10.5. The third-order valence-corrected chi connectivity index (χ3v) is 2.72. The standard InChI is InChI=1S/C14H22N2O2S/c1-17-11-5-9-15-14(19)16-10-6-12-18-13-7-3-2-4-8-13/h2-4,7-8H,5-6,9-12H2,1H3,(H2,15,16,19). The van der Waals surface area contributed by atoms with Crippen molar-refractivity contribution in [1.29, 1.82) is 0 Å². The van der Waals surface area contributed by atoms with Gasteiger partial charge < -0.3 is 20.1 Å². The molecule has 0 aliphatic carbocycles. The largest absolute Gasteiger partial charge is 0.494 e. The summed E-state index contributed by atoms with van der Waals surface area (Å²) in [6.45, 7) is 3.08. The lowest BCUT2D eigenvalue weighted by molar-refractivity contribution is 0.195. The van der Waals surface area contributed by atoms with Gasteiger partial charge in [-0.25, -0.2) is 0 Å². The molecule has 1 aromatic carbocycles. The van der Waals surface area contributed by atoms with E-state index in [9.17, 15) is 0 Å². The lowest BCUT2D eigenvalue weighted by Crippen LogP contribution is -2.36. The number of methoxy groups -OCH3 is 1. The Bertz CT molecular complexity index is 347. The van der Waals surface area contributed by atoms with E-state index in [1.54, 1.807) is 7.11 Å². The Labute approximate surface area is 120 Å². The quantitative estimate of drug-likeness (QED) is 0.535. The van der Waals surface area contributed by atoms with Crippen LogP contribution in [0.3, 0.4) is 0 Å². The van der Waals surface area contributed by atoms with Gasteiger partial charge in [-0.2, -0.15) is 0 Å². The van der Waals surface area contributed by atoms with Crippen LogP contribution in [0, 0.1) is 0 Å². The fraction of sp³-hybridized carbons (Fsp3) is 0.500. The number of hydrogen-bond donors (Lipinski definition) is 2. The molecule has 1 aromatic rings. The molecule has 0 radical (unpaired) electrons. The average molecular weight is 282 g/mol. The van der Waals surface area contributed by atoms with Crippen molar-refractivity contribution in [2.24, 2.45) is 0 Å². The number of benzene rings is 1. The molecule has 0 saturated carbocycles. The predicted octanol–water partition coefficient (Wildman–Crippen LogP) is 1.96. The molecule has 0 aliphatic rings. The highest BCUT2D eigenvalue weighted by molar-refractivity contribution is 7.80. The number of rotatable bonds is 9. The van der Waals surface area contributed by atoms with Gasteiger partial charge in [0.25, 0.3) is 0 Å². The van der Waals surface area contributed by atoms with Crippen molar-refractivity contribution in [3.8, 4) is 5.75 Å². The average Bonchev–Trinajstić information content (AvgIpc) is 2.44. The second-order valence-corrected chi connectivity index (χ2v) is 4.45. The molecule has 2 N–H and O–H groups in total. The highest BCUT2D eigenvalue weighted by Gasteiger charge is 1.95. The molecule has 0 spiro atoms. The first-order valence-electron chi connectivity index (χ1n) is 6.51. The Morgan fingerprint density at radius 2 is 1.68 bits per heavy atom. The van der Waals surface area contributed by atoms with Gasteiger partial charge >= 0.3 is 0 Å². The summed E-state index contributed by atoms with van der Waals surface area (Å²) in [6.07, 6.45) is 1.87. The lowest BCUT2D eigenvalue weighted by atomic mass is 10.3. The minimum Gasteiger partial charge on any atom is -0.494 e. The van der Waals surface area contributed by atoms with Crippen molar-refractivity contribution in [3.05, 3.63) is 30.3 Å². The van der Waals surface area contributed by atoms with Gasteiger partial charge in [-0.05, 0) is 37.2 Å². The summed E-state index contributed by atoms with van der Waals surface area (Å²) in [5.41, 5.74) is 0. The molecule has 0 aromatic heterocycles. The van der Waals surface area contributed by atoms with Crippen molar-refractivity contribution in [2.75, 3.05) is 33.4 Å². The number of para-hydroxylation sites is 1. The zero-order valence-electron chi connectivity index (χ0n) is 11.4. The van der Waals surface area contributed by atoms with Crippen molar-refractivity contribution in [2.45, 2.75) is 12.8 Å². The van der Waals surface area contributed by atoms with Crippen LogP contribution in [0.15, 0.2) is 30.3 Å². The van der Waals surface area contributed by atoms with Gasteiger partial charge in [-0.3, -0.25) is 0 Å². The molecule has 0 amide bonds. The van der Waals surface area contributed by atoms with Crippen molar-refractivity contribution in [1.82, 2.24) is 10.6 Å². The summed E-state index contributed by atoms with van der Waals surface area (Å²) in [7, 11) is 1.70. The molecule has 0 aliphatic heterocycles. The Morgan fingerprint density at radius 1 is 1.05 bits per heavy atom. The maximum atomic E-state index is 5.58. The van der Waals surface area contributed by atoms with Crippen LogP contribution in [0.25, 0.3) is 0 Å². The summed E-state index contributed by atoms with van der Waals surface area (Å²) >= 11 is 5.14. The van der Waals surface area contributed by atoms with Crippen molar-refractivity contribution in [3.63, 3.8) is 0 Å². The fourth-order valence-corrected chi connectivity index (χ4v) is 1.67. The number of nitrogens with one attached hydrogen (secondary N) is 2. The van der Waals surface area contributed by atoms with Crippen LogP contribution in [-0.4, -0.2) is 38.5 Å². The van der Waals surface area contributed by atoms with Crippen molar-refractivity contribution >= 4 is 17.3 Å². The SMILES string of the molecule is COCCCNC(=S)NCCCOc1ccccc1. The van der Waals surface area contributed by atoms with Gasteiger partial charge in [-0.1, -0.05) is 18.2 Å². The smallest absolute Gasteiger partial charge is 0.166 e. The van der Waals surface area contributed by atoms with E-state index < -0.39 is 0 Å². The Kier molecular flexibility index (Phi) is 8.76. The fourth-order valence-electron chi connectivity index (χ4n) is 1.46. The summed E-state index contributed by atoms with van der Waals surface area (Å²) in [4.78, 5) is 0. The maximum Gasteiger partial charge on any atom is 0.166 e. The van der Waals surface area contributed by atoms with Gasteiger partial charge in [0.2, 0.25) is 0 Å². The monoisotopic (exact) mass is 282 g/mol. The maximum absolute atomic E-state index is 5.58. The summed E-state index contributed by atoms with van der Waals surface area (Å²) in [5, 5.41) is 6.96. The minimum atomic E-state index is 0.684. The molecule has 0 atom stereocenters. The van der Waals surface area contributed by atoms with Gasteiger partial charge in [0.1, 0.15) is 5.75 Å². The van der Waals surface area contributed by atoms with Crippen LogP contribution in [-0.2, 0) is 4.74 Å². The predicted molar refractivity (Wildman–Crippen MR) is 81.7 cm³/mol. The Hall–Kier alpha value is -1.33. The highest BCUT2D eigenvalue weighted by atomic mass is 32.1. The van der Waals surface area contributed by atoms with Crippen LogP contribution in [0.1, 0.15) is 12.8 Å². The molecule has 19 heavy (non-hydrogen) atoms. The molecule has 5 heteroatoms. The van der Waals surface area contributed by atoms with E-state index in [0.717, 1.165) is 38.3 Å². The zero-order chi connectivity index (χ0) is 13.8. The van der Waals surface area contributed by atoms with E-state index in [0.29, 0.717) is 11.7 Å². The number of thiocarbonyl (C=S) groups is 1. The molecule has 4 nitrogen and oxygen atoms in total. The van der Waals surface area contributed by atoms with Gasteiger partial charge in [0.15, 0.2) is 5.11 Å². The first kappa shape index (κ1) is 15.7. The third kappa shape index (κ3) is 8.40. The van der Waals surface area contributed by atoms with Gasteiger partial charge in [0.05, 0.1) is 6.61 Å². The van der Waals surface area contributed by atoms with Gasteiger partial charge in [-0.15, -0.1) is 0 Å².